The second kappa shape index (κ2) is 5.66. The number of carboxylic acid groups (broad SMARTS) is 1. The van der Waals surface area contributed by atoms with Gasteiger partial charge in [-0.05, 0) is 12.0 Å². The summed E-state index contributed by atoms with van der Waals surface area (Å²) in [7, 11) is 0. The lowest BCUT2D eigenvalue weighted by Gasteiger charge is -2.18. The summed E-state index contributed by atoms with van der Waals surface area (Å²) in [5.74, 6) is -5.18. The first-order valence-electron chi connectivity index (χ1n) is 5.15. The van der Waals surface area contributed by atoms with E-state index < -0.39 is 30.3 Å². The van der Waals surface area contributed by atoms with E-state index in [1.165, 1.54) is 0 Å². The molecule has 98 valence electrons. The van der Waals surface area contributed by atoms with E-state index in [2.05, 4.69) is 0 Å². The molecule has 0 N–H and O–H groups in total. The molecule has 1 atom stereocenters. The van der Waals surface area contributed by atoms with E-state index in [1.807, 2.05) is 0 Å². The molecule has 0 aliphatic heterocycles. The zero-order chi connectivity index (χ0) is 13.8. The largest absolute Gasteiger partial charge is 0.550 e. The van der Waals surface area contributed by atoms with Crippen molar-refractivity contribution in [3.8, 4) is 0 Å². The first-order chi connectivity index (χ1) is 8.30. The molecule has 0 amide bonds. The zero-order valence-electron chi connectivity index (χ0n) is 9.24. The molecule has 6 heteroatoms. The van der Waals surface area contributed by atoms with Crippen molar-refractivity contribution in [2.24, 2.45) is 5.92 Å². The van der Waals surface area contributed by atoms with Gasteiger partial charge in [-0.3, -0.25) is 4.79 Å². The Bertz CT molecular complexity index is 426. The monoisotopic (exact) mass is 259 g/mol. The van der Waals surface area contributed by atoms with Gasteiger partial charge in [0, 0.05) is 18.3 Å². The Hall–Kier alpha value is -1.85. The van der Waals surface area contributed by atoms with Gasteiger partial charge in [0.15, 0.2) is 0 Å². The Morgan fingerprint density at radius 3 is 2.17 bits per heavy atom. The predicted octanol–water partition coefficient (Wildman–Crippen LogP) is 1.12. The number of hydrogen-bond acceptors (Lipinski definition) is 3. The van der Waals surface area contributed by atoms with Crippen LogP contribution in [0.3, 0.4) is 0 Å². The van der Waals surface area contributed by atoms with Crippen molar-refractivity contribution in [1.29, 1.82) is 0 Å². The predicted molar refractivity (Wildman–Crippen MR) is 54.3 cm³/mol. The number of benzene rings is 1. The number of aliphatic carboxylic acids is 1. The molecule has 0 aliphatic carbocycles. The average molecular weight is 259 g/mol. The van der Waals surface area contributed by atoms with Crippen molar-refractivity contribution in [2.45, 2.75) is 19.0 Å². The fourth-order valence-corrected chi connectivity index (χ4v) is 1.48. The highest BCUT2D eigenvalue weighted by Gasteiger charge is 2.39. The van der Waals surface area contributed by atoms with Gasteiger partial charge >= 0.3 is 6.18 Å². The molecule has 1 aromatic carbocycles. The van der Waals surface area contributed by atoms with E-state index in [9.17, 15) is 27.9 Å². The molecule has 1 unspecified atom stereocenters. The van der Waals surface area contributed by atoms with Gasteiger partial charge in [0.25, 0.3) is 0 Å². The van der Waals surface area contributed by atoms with Crippen LogP contribution in [-0.4, -0.2) is 17.9 Å². The van der Waals surface area contributed by atoms with Gasteiger partial charge in [-0.2, -0.15) is 13.2 Å². The summed E-state index contributed by atoms with van der Waals surface area (Å²) in [6, 6.07) is 8.11. The van der Waals surface area contributed by atoms with Crippen LogP contribution in [-0.2, 0) is 16.0 Å². The topological polar surface area (TPSA) is 57.2 Å². The summed E-state index contributed by atoms with van der Waals surface area (Å²) >= 11 is 0. The van der Waals surface area contributed by atoms with Crippen LogP contribution in [0, 0.1) is 5.92 Å². The number of carboxylic acids is 1. The van der Waals surface area contributed by atoms with Crippen molar-refractivity contribution in [3.05, 3.63) is 35.9 Å². The van der Waals surface area contributed by atoms with Crippen molar-refractivity contribution in [2.75, 3.05) is 0 Å². The SMILES string of the molecule is O=C([O-])C(CC(=O)C(F)(F)F)Cc1ccccc1. The van der Waals surface area contributed by atoms with Gasteiger partial charge in [-0.1, -0.05) is 30.3 Å². The summed E-state index contributed by atoms with van der Waals surface area (Å²) in [6.45, 7) is 0. The van der Waals surface area contributed by atoms with Crippen LogP contribution in [0.1, 0.15) is 12.0 Å². The summed E-state index contributed by atoms with van der Waals surface area (Å²) in [4.78, 5) is 21.5. The van der Waals surface area contributed by atoms with Gasteiger partial charge in [0.05, 0.1) is 0 Å². The molecule has 0 radical (unpaired) electrons. The normalized spacial score (nSPS) is 13.1. The van der Waals surface area contributed by atoms with Gasteiger partial charge in [0.1, 0.15) is 0 Å². The third-order valence-corrected chi connectivity index (χ3v) is 2.41. The molecular weight excluding hydrogens is 249 g/mol. The van der Waals surface area contributed by atoms with Crippen LogP contribution >= 0.6 is 0 Å². The standard InChI is InChI=1S/C12H11F3O3/c13-12(14,15)10(16)7-9(11(17)18)6-8-4-2-1-3-5-8/h1-5,9H,6-7H2,(H,17,18)/p-1. The quantitative estimate of drug-likeness (QED) is 0.796. The lowest BCUT2D eigenvalue weighted by molar-refractivity contribution is -0.311. The second-order valence-corrected chi connectivity index (χ2v) is 3.83. The van der Waals surface area contributed by atoms with Crippen LogP contribution in [0.2, 0.25) is 0 Å². The zero-order valence-corrected chi connectivity index (χ0v) is 9.24. The number of Topliss-reactive ketones (excluding diaryl/α,β-unsaturated/α-hetero) is 1. The summed E-state index contributed by atoms with van der Waals surface area (Å²) in [6.07, 6.45) is -6.27. The Morgan fingerprint density at radius 2 is 1.72 bits per heavy atom. The fourth-order valence-electron chi connectivity index (χ4n) is 1.48. The summed E-state index contributed by atoms with van der Waals surface area (Å²) in [5.41, 5.74) is 0.543. The number of halogens is 3. The first-order valence-corrected chi connectivity index (χ1v) is 5.15. The lowest BCUT2D eigenvalue weighted by Crippen LogP contribution is -2.36. The highest BCUT2D eigenvalue weighted by Crippen LogP contribution is 2.22. The molecular formula is C12H10F3O3-. The molecule has 0 aliphatic rings. The summed E-state index contributed by atoms with van der Waals surface area (Å²) in [5, 5.41) is 10.7. The Kier molecular flexibility index (Phi) is 4.47. The third-order valence-electron chi connectivity index (χ3n) is 2.41. The number of carbonyl (C=O) groups is 2. The van der Waals surface area contributed by atoms with Crippen LogP contribution in [0.15, 0.2) is 30.3 Å². The molecule has 0 fully saturated rings. The van der Waals surface area contributed by atoms with Crippen molar-refractivity contribution < 1.29 is 27.9 Å². The number of alkyl halides is 3. The van der Waals surface area contributed by atoms with Gasteiger partial charge in [-0.15, -0.1) is 0 Å². The second-order valence-electron chi connectivity index (χ2n) is 3.83. The number of ketones is 1. The molecule has 3 nitrogen and oxygen atoms in total. The van der Waals surface area contributed by atoms with E-state index in [0.29, 0.717) is 5.56 Å². The molecule has 0 aromatic heterocycles. The molecule has 0 heterocycles. The molecule has 1 aromatic rings. The minimum atomic E-state index is -5.01. The van der Waals surface area contributed by atoms with E-state index in [4.69, 9.17) is 0 Å². The van der Waals surface area contributed by atoms with Gasteiger partial charge < -0.3 is 9.90 Å². The van der Waals surface area contributed by atoms with Crippen molar-refractivity contribution >= 4 is 11.8 Å². The minimum absolute atomic E-state index is 0.162. The van der Waals surface area contributed by atoms with E-state index in [0.717, 1.165) is 0 Å². The van der Waals surface area contributed by atoms with Crippen LogP contribution in [0.4, 0.5) is 13.2 Å². The number of rotatable bonds is 5. The van der Waals surface area contributed by atoms with E-state index in [-0.39, 0.29) is 6.42 Å². The highest BCUT2D eigenvalue weighted by atomic mass is 19.4. The van der Waals surface area contributed by atoms with E-state index in [1.54, 1.807) is 30.3 Å². The van der Waals surface area contributed by atoms with Gasteiger partial charge in [-0.25, -0.2) is 0 Å². The van der Waals surface area contributed by atoms with Crippen molar-refractivity contribution in [1.82, 2.24) is 0 Å². The van der Waals surface area contributed by atoms with Crippen LogP contribution < -0.4 is 5.11 Å². The smallest absolute Gasteiger partial charge is 0.449 e. The van der Waals surface area contributed by atoms with Crippen molar-refractivity contribution in [3.63, 3.8) is 0 Å². The molecule has 0 bridgehead atoms. The Labute approximate surface area is 101 Å². The lowest BCUT2D eigenvalue weighted by atomic mass is 9.94. The Morgan fingerprint density at radius 1 is 1.17 bits per heavy atom. The van der Waals surface area contributed by atoms with Gasteiger partial charge in [0.2, 0.25) is 5.78 Å². The van der Waals surface area contributed by atoms with Crippen LogP contribution in [0.5, 0.6) is 0 Å². The summed E-state index contributed by atoms with van der Waals surface area (Å²) < 4.78 is 36.1. The highest BCUT2D eigenvalue weighted by molar-refractivity contribution is 5.87. The molecule has 0 saturated carbocycles. The van der Waals surface area contributed by atoms with E-state index >= 15 is 0 Å². The minimum Gasteiger partial charge on any atom is -0.550 e. The number of carbonyl (C=O) groups excluding carboxylic acids is 2. The average Bonchev–Trinajstić information content (AvgIpc) is 2.28. The Balaban J connectivity index is 2.73. The molecule has 1 rings (SSSR count). The molecule has 18 heavy (non-hydrogen) atoms. The maximum Gasteiger partial charge on any atom is 0.449 e. The van der Waals surface area contributed by atoms with Crippen LogP contribution in [0.25, 0.3) is 0 Å². The third kappa shape index (κ3) is 4.20. The maximum absolute atomic E-state index is 12.0. The fraction of sp³-hybridized carbons (Fsp3) is 0.333. The molecule has 0 spiro atoms. The maximum atomic E-state index is 12.0. The molecule has 0 saturated heterocycles. The first kappa shape index (κ1) is 14.2. The number of hydrogen-bond donors (Lipinski definition) is 0.